The van der Waals surface area contributed by atoms with E-state index in [1.807, 2.05) is 17.0 Å². The number of ether oxygens (including phenoxy) is 1. The van der Waals surface area contributed by atoms with Gasteiger partial charge in [0.1, 0.15) is 11.3 Å². The Hall–Kier alpha value is -2.08. The van der Waals surface area contributed by atoms with Crippen molar-refractivity contribution in [3.63, 3.8) is 0 Å². The van der Waals surface area contributed by atoms with E-state index in [2.05, 4.69) is 58.8 Å². The zero-order valence-electron chi connectivity index (χ0n) is 22.6. The van der Waals surface area contributed by atoms with Crippen LogP contribution in [0.3, 0.4) is 0 Å². The highest BCUT2D eigenvalue weighted by Gasteiger charge is 2.44. The number of amides is 2. The van der Waals surface area contributed by atoms with Crippen molar-refractivity contribution in [1.29, 1.82) is 0 Å². The third kappa shape index (κ3) is 5.59. The molecule has 0 radical (unpaired) electrons. The normalized spacial score (nSPS) is 19.6. The van der Waals surface area contributed by atoms with E-state index in [0.29, 0.717) is 18.4 Å². The number of piperazine rings is 1. The molecular formula is C28H45N3O3. The van der Waals surface area contributed by atoms with Crippen LogP contribution in [0.25, 0.3) is 0 Å². The SMILES string of the molecule is COc1c(C(C)(C)C)cc(C(=O)NC2(C(=O)N3CCN(C)CC3)CCCCC2)cc1C(C)(C)C. The molecule has 2 amide bonds. The van der Waals surface area contributed by atoms with E-state index in [9.17, 15) is 9.59 Å². The Morgan fingerprint density at radius 1 is 0.882 bits per heavy atom. The predicted molar refractivity (Wildman–Crippen MR) is 138 cm³/mol. The first-order chi connectivity index (χ1) is 15.8. The van der Waals surface area contributed by atoms with Gasteiger partial charge in [0, 0.05) is 42.9 Å². The Labute approximate surface area is 206 Å². The number of likely N-dealkylation sites (N-methyl/N-ethyl adjacent to an activating group) is 1. The van der Waals surface area contributed by atoms with Crippen molar-refractivity contribution < 1.29 is 14.3 Å². The van der Waals surface area contributed by atoms with Gasteiger partial charge < -0.3 is 19.9 Å². The molecule has 1 heterocycles. The van der Waals surface area contributed by atoms with E-state index in [1.54, 1.807) is 7.11 Å². The molecule has 1 aromatic rings. The number of rotatable bonds is 4. The lowest BCUT2D eigenvalue weighted by Crippen LogP contribution is -2.63. The second-order valence-electron chi connectivity index (χ2n) is 12.3. The van der Waals surface area contributed by atoms with Crippen molar-refractivity contribution in [1.82, 2.24) is 15.1 Å². The summed E-state index contributed by atoms with van der Waals surface area (Å²) in [5.41, 5.74) is 1.42. The standard InChI is InChI=1S/C28H45N3O3/c1-26(2,3)21-18-20(19-22(23(21)34-8)27(4,5)6)24(32)29-28(12-10-9-11-13-28)25(33)31-16-14-30(7)15-17-31/h18-19H,9-17H2,1-8H3,(H,29,32). The van der Waals surface area contributed by atoms with Crippen LogP contribution >= 0.6 is 0 Å². The second-order valence-corrected chi connectivity index (χ2v) is 12.3. The second kappa shape index (κ2) is 9.88. The summed E-state index contributed by atoms with van der Waals surface area (Å²) in [6.07, 6.45) is 4.45. The van der Waals surface area contributed by atoms with Crippen molar-refractivity contribution in [3.05, 3.63) is 28.8 Å². The van der Waals surface area contributed by atoms with Crippen LogP contribution in [0.2, 0.25) is 0 Å². The van der Waals surface area contributed by atoms with Gasteiger partial charge in [0.2, 0.25) is 5.91 Å². The summed E-state index contributed by atoms with van der Waals surface area (Å²) >= 11 is 0. The van der Waals surface area contributed by atoms with Gasteiger partial charge in [0.05, 0.1) is 7.11 Å². The number of methoxy groups -OCH3 is 1. The maximum atomic E-state index is 13.8. The molecule has 1 saturated heterocycles. The van der Waals surface area contributed by atoms with Gasteiger partial charge in [-0.3, -0.25) is 9.59 Å². The molecule has 1 N–H and O–H groups in total. The lowest BCUT2D eigenvalue weighted by molar-refractivity contribution is -0.141. The molecule has 1 aromatic carbocycles. The number of hydrogen-bond acceptors (Lipinski definition) is 4. The summed E-state index contributed by atoms with van der Waals surface area (Å²) in [4.78, 5) is 31.8. The molecule has 2 fully saturated rings. The van der Waals surface area contributed by atoms with Crippen LogP contribution in [-0.2, 0) is 15.6 Å². The predicted octanol–water partition coefficient (Wildman–Crippen LogP) is 4.50. The minimum absolute atomic E-state index is 0.0919. The van der Waals surface area contributed by atoms with Crippen molar-refractivity contribution in [3.8, 4) is 5.75 Å². The highest BCUT2D eigenvalue weighted by molar-refractivity contribution is 6.00. The molecule has 34 heavy (non-hydrogen) atoms. The molecule has 0 atom stereocenters. The van der Waals surface area contributed by atoms with Gasteiger partial charge in [-0.15, -0.1) is 0 Å². The molecule has 1 aliphatic heterocycles. The Kier molecular flexibility index (Phi) is 7.71. The molecule has 0 aromatic heterocycles. The smallest absolute Gasteiger partial charge is 0.252 e. The lowest BCUT2D eigenvalue weighted by Gasteiger charge is -2.42. The van der Waals surface area contributed by atoms with Crippen molar-refractivity contribution >= 4 is 11.8 Å². The van der Waals surface area contributed by atoms with Gasteiger partial charge in [-0.05, 0) is 42.9 Å². The lowest BCUT2D eigenvalue weighted by atomic mass is 9.77. The van der Waals surface area contributed by atoms with Crippen molar-refractivity contribution in [2.75, 3.05) is 40.3 Å². The van der Waals surface area contributed by atoms with Gasteiger partial charge in [-0.1, -0.05) is 60.8 Å². The molecule has 0 bridgehead atoms. The number of hydrogen-bond donors (Lipinski definition) is 1. The van der Waals surface area contributed by atoms with Crippen LogP contribution in [-0.4, -0.2) is 67.5 Å². The van der Waals surface area contributed by atoms with Crippen LogP contribution in [0, 0.1) is 0 Å². The first-order valence-corrected chi connectivity index (χ1v) is 12.8. The molecule has 190 valence electrons. The molecule has 6 heteroatoms. The average Bonchev–Trinajstić information content (AvgIpc) is 2.77. The quantitative estimate of drug-likeness (QED) is 0.703. The highest BCUT2D eigenvalue weighted by atomic mass is 16.5. The van der Waals surface area contributed by atoms with Crippen molar-refractivity contribution in [2.45, 2.75) is 90.0 Å². The van der Waals surface area contributed by atoms with Gasteiger partial charge >= 0.3 is 0 Å². The van der Waals surface area contributed by atoms with Gasteiger partial charge in [-0.2, -0.15) is 0 Å². The molecule has 3 rings (SSSR count). The highest BCUT2D eigenvalue weighted by Crippen LogP contribution is 2.41. The van der Waals surface area contributed by atoms with Gasteiger partial charge in [0.25, 0.3) is 5.91 Å². The molecule has 0 spiro atoms. The van der Waals surface area contributed by atoms with Crippen LogP contribution in [0.1, 0.15) is 95.1 Å². The van der Waals surface area contributed by atoms with Crippen LogP contribution < -0.4 is 10.1 Å². The maximum absolute atomic E-state index is 13.8. The van der Waals surface area contributed by atoms with Crippen molar-refractivity contribution in [2.24, 2.45) is 0 Å². The Morgan fingerprint density at radius 2 is 1.38 bits per heavy atom. The van der Waals surface area contributed by atoms with Crippen LogP contribution in [0.5, 0.6) is 5.75 Å². The van der Waals surface area contributed by atoms with E-state index < -0.39 is 5.54 Å². The minimum atomic E-state index is -0.811. The third-order valence-electron chi connectivity index (χ3n) is 7.43. The summed E-state index contributed by atoms with van der Waals surface area (Å²) in [5.74, 6) is 0.773. The number of carbonyl (C=O) groups is 2. The van der Waals surface area contributed by atoms with E-state index in [-0.39, 0.29) is 22.6 Å². The minimum Gasteiger partial charge on any atom is -0.496 e. The number of benzene rings is 1. The number of carbonyl (C=O) groups excluding carboxylic acids is 2. The van der Waals surface area contributed by atoms with Crippen LogP contribution in [0.15, 0.2) is 12.1 Å². The van der Waals surface area contributed by atoms with E-state index in [4.69, 9.17) is 4.74 Å². The van der Waals surface area contributed by atoms with E-state index in [0.717, 1.165) is 62.3 Å². The summed E-state index contributed by atoms with van der Waals surface area (Å²) in [5, 5.41) is 3.27. The molecule has 6 nitrogen and oxygen atoms in total. The Bertz CT molecular complexity index is 861. The summed E-state index contributed by atoms with van der Waals surface area (Å²) in [6.45, 7) is 16.0. The molecule has 0 unspecified atom stereocenters. The Morgan fingerprint density at radius 3 is 1.82 bits per heavy atom. The zero-order valence-corrected chi connectivity index (χ0v) is 22.6. The summed E-state index contributed by atoms with van der Waals surface area (Å²) in [7, 11) is 3.79. The zero-order chi connectivity index (χ0) is 25.3. The average molecular weight is 472 g/mol. The van der Waals surface area contributed by atoms with Crippen LogP contribution in [0.4, 0.5) is 0 Å². The number of nitrogens with zero attached hydrogens (tertiary/aromatic N) is 2. The van der Waals surface area contributed by atoms with E-state index >= 15 is 0 Å². The molecular weight excluding hydrogens is 426 g/mol. The Balaban J connectivity index is 1.99. The fourth-order valence-corrected chi connectivity index (χ4v) is 5.24. The topological polar surface area (TPSA) is 61.9 Å². The molecule has 1 saturated carbocycles. The maximum Gasteiger partial charge on any atom is 0.252 e. The van der Waals surface area contributed by atoms with E-state index in [1.165, 1.54) is 0 Å². The fourth-order valence-electron chi connectivity index (χ4n) is 5.24. The van der Waals surface area contributed by atoms with Gasteiger partial charge in [0.15, 0.2) is 0 Å². The first-order valence-electron chi connectivity index (χ1n) is 12.8. The molecule has 2 aliphatic rings. The number of nitrogens with one attached hydrogen (secondary N) is 1. The third-order valence-corrected chi connectivity index (χ3v) is 7.43. The monoisotopic (exact) mass is 471 g/mol. The summed E-state index contributed by atoms with van der Waals surface area (Å²) < 4.78 is 5.86. The van der Waals surface area contributed by atoms with Gasteiger partial charge in [-0.25, -0.2) is 0 Å². The summed E-state index contributed by atoms with van der Waals surface area (Å²) in [6, 6.07) is 3.92. The first kappa shape index (κ1) is 26.5. The largest absolute Gasteiger partial charge is 0.496 e. The molecule has 1 aliphatic carbocycles. The fraction of sp³-hybridized carbons (Fsp3) is 0.714.